The number of morpholine rings is 1. The normalized spacial score (nSPS) is 18.1. The fraction of sp³-hybridized carbons (Fsp3) is 0.667. The Morgan fingerprint density at radius 1 is 1.28 bits per heavy atom. The lowest BCUT2D eigenvalue weighted by atomic mass is 10.1. The van der Waals surface area contributed by atoms with Crippen LogP contribution >= 0.6 is 0 Å². The highest BCUT2D eigenvalue weighted by Crippen LogP contribution is 2.31. The maximum Gasteiger partial charge on any atom is 0.246 e. The SMILES string of the molecule is COc1ccc(CC(=O)N(CCC(C)C)C2CC2)cc1S(=O)(=O)N1CCOCC1. The molecule has 1 aromatic rings. The molecule has 2 aliphatic rings. The Kier molecular flexibility index (Phi) is 7.19. The smallest absolute Gasteiger partial charge is 0.246 e. The lowest BCUT2D eigenvalue weighted by Crippen LogP contribution is -2.40. The zero-order chi connectivity index (χ0) is 21.0. The van der Waals surface area contributed by atoms with Crippen LogP contribution in [-0.4, -0.2) is 69.5 Å². The topological polar surface area (TPSA) is 76.2 Å². The summed E-state index contributed by atoms with van der Waals surface area (Å²) in [6.45, 7) is 6.47. The zero-order valence-corrected chi connectivity index (χ0v) is 18.4. The van der Waals surface area contributed by atoms with Crippen molar-refractivity contribution in [3.63, 3.8) is 0 Å². The van der Waals surface area contributed by atoms with Gasteiger partial charge in [0.25, 0.3) is 0 Å². The molecule has 1 aliphatic carbocycles. The molecule has 0 spiro atoms. The van der Waals surface area contributed by atoms with Crippen LogP contribution in [0.4, 0.5) is 0 Å². The number of carbonyl (C=O) groups is 1. The van der Waals surface area contributed by atoms with Gasteiger partial charge in [0.05, 0.1) is 26.7 Å². The first-order valence-corrected chi connectivity index (χ1v) is 11.8. The Balaban J connectivity index is 1.79. The van der Waals surface area contributed by atoms with Crippen molar-refractivity contribution in [2.45, 2.75) is 50.5 Å². The standard InChI is InChI=1S/C21H32N2O5S/c1-16(2)8-9-23(18-5-6-18)21(24)15-17-4-7-19(27-3)20(14-17)29(25,26)22-10-12-28-13-11-22/h4,7,14,16,18H,5-6,8-13,15H2,1-3H3. The highest BCUT2D eigenvalue weighted by molar-refractivity contribution is 7.89. The second-order valence-electron chi connectivity index (χ2n) is 8.18. The van der Waals surface area contributed by atoms with Crippen molar-refractivity contribution in [3.8, 4) is 5.75 Å². The number of nitrogens with zero attached hydrogens (tertiary/aromatic N) is 2. The van der Waals surface area contributed by atoms with E-state index in [1.807, 2.05) is 4.90 Å². The van der Waals surface area contributed by atoms with Crippen LogP contribution in [-0.2, 0) is 26.0 Å². The number of carbonyl (C=O) groups excluding carboxylic acids is 1. The first-order chi connectivity index (χ1) is 13.8. The van der Waals surface area contributed by atoms with Gasteiger partial charge in [0.2, 0.25) is 15.9 Å². The molecule has 1 heterocycles. The number of benzene rings is 1. The molecule has 1 aromatic carbocycles. The molecule has 0 aromatic heterocycles. The van der Waals surface area contributed by atoms with Crippen LogP contribution in [0.15, 0.2) is 23.1 Å². The summed E-state index contributed by atoms with van der Waals surface area (Å²) in [5, 5.41) is 0. The Labute approximate surface area is 174 Å². The van der Waals surface area contributed by atoms with Crippen molar-refractivity contribution < 1.29 is 22.7 Å². The van der Waals surface area contributed by atoms with Crippen molar-refractivity contribution in [2.24, 2.45) is 5.92 Å². The summed E-state index contributed by atoms with van der Waals surface area (Å²) >= 11 is 0. The van der Waals surface area contributed by atoms with Crippen molar-refractivity contribution in [1.82, 2.24) is 9.21 Å². The summed E-state index contributed by atoms with van der Waals surface area (Å²) in [5.41, 5.74) is 0.692. The highest BCUT2D eigenvalue weighted by Gasteiger charge is 2.33. The fourth-order valence-electron chi connectivity index (χ4n) is 3.53. The molecule has 29 heavy (non-hydrogen) atoms. The third kappa shape index (κ3) is 5.49. The molecule has 0 N–H and O–H groups in total. The first-order valence-electron chi connectivity index (χ1n) is 10.4. The van der Waals surface area contributed by atoms with E-state index in [0.29, 0.717) is 49.6 Å². The van der Waals surface area contributed by atoms with Gasteiger partial charge in [0.1, 0.15) is 10.6 Å². The van der Waals surface area contributed by atoms with Gasteiger partial charge in [-0.05, 0) is 42.9 Å². The highest BCUT2D eigenvalue weighted by atomic mass is 32.2. The molecule has 1 amide bonds. The summed E-state index contributed by atoms with van der Waals surface area (Å²) < 4.78 is 38.3. The monoisotopic (exact) mass is 424 g/mol. The summed E-state index contributed by atoms with van der Waals surface area (Å²) in [6, 6.07) is 5.36. The molecule has 1 saturated carbocycles. The molecule has 1 aliphatic heterocycles. The maximum absolute atomic E-state index is 13.1. The number of ether oxygens (including phenoxy) is 2. The number of sulfonamides is 1. The van der Waals surface area contributed by atoms with E-state index in [1.165, 1.54) is 11.4 Å². The molecular weight excluding hydrogens is 392 g/mol. The fourth-order valence-corrected chi connectivity index (χ4v) is 5.14. The number of rotatable bonds is 9. The van der Waals surface area contributed by atoms with E-state index in [0.717, 1.165) is 25.8 Å². The minimum atomic E-state index is -3.71. The second-order valence-corrected chi connectivity index (χ2v) is 10.1. The van der Waals surface area contributed by atoms with Gasteiger partial charge in [0.15, 0.2) is 0 Å². The van der Waals surface area contributed by atoms with Gasteiger partial charge in [-0.2, -0.15) is 4.31 Å². The Hall–Kier alpha value is -1.64. The molecule has 0 bridgehead atoms. The third-order valence-corrected chi connectivity index (χ3v) is 7.35. The second kappa shape index (κ2) is 9.45. The summed E-state index contributed by atoms with van der Waals surface area (Å²) in [4.78, 5) is 15.0. The third-order valence-electron chi connectivity index (χ3n) is 5.43. The van der Waals surface area contributed by atoms with Crippen molar-refractivity contribution in [3.05, 3.63) is 23.8 Å². The van der Waals surface area contributed by atoms with E-state index >= 15 is 0 Å². The Bertz CT molecular complexity index is 814. The van der Waals surface area contributed by atoms with E-state index < -0.39 is 10.0 Å². The maximum atomic E-state index is 13.1. The van der Waals surface area contributed by atoms with Crippen molar-refractivity contribution in [1.29, 1.82) is 0 Å². The molecule has 3 rings (SSSR count). The Morgan fingerprint density at radius 3 is 2.55 bits per heavy atom. The van der Waals surface area contributed by atoms with Gasteiger partial charge in [-0.25, -0.2) is 8.42 Å². The number of hydrogen-bond acceptors (Lipinski definition) is 5. The van der Waals surface area contributed by atoms with Crippen LogP contribution in [0.25, 0.3) is 0 Å². The van der Waals surface area contributed by atoms with Crippen LogP contribution in [0.2, 0.25) is 0 Å². The summed E-state index contributed by atoms with van der Waals surface area (Å²) in [6.07, 6.45) is 3.29. The van der Waals surface area contributed by atoms with E-state index in [9.17, 15) is 13.2 Å². The van der Waals surface area contributed by atoms with E-state index in [1.54, 1.807) is 18.2 Å². The predicted octanol–water partition coefficient (Wildman–Crippen LogP) is 2.30. The van der Waals surface area contributed by atoms with Gasteiger partial charge >= 0.3 is 0 Å². The van der Waals surface area contributed by atoms with Crippen LogP contribution in [0.5, 0.6) is 5.75 Å². The summed E-state index contributed by atoms with van der Waals surface area (Å²) in [7, 11) is -2.25. The van der Waals surface area contributed by atoms with Crippen LogP contribution in [0.3, 0.4) is 0 Å². The van der Waals surface area contributed by atoms with Crippen LogP contribution in [0.1, 0.15) is 38.7 Å². The molecule has 0 radical (unpaired) electrons. The molecule has 8 heteroatoms. The van der Waals surface area contributed by atoms with Gasteiger partial charge in [0, 0.05) is 25.7 Å². The van der Waals surface area contributed by atoms with Gasteiger partial charge in [-0.15, -0.1) is 0 Å². The van der Waals surface area contributed by atoms with Crippen molar-refractivity contribution in [2.75, 3.05) is 40.0 Å². The van der Waals surface area contributed by atoms with Gasteiger partial charge in [-0.1, -0.05) is 19.9 Å². The van der Waals surface area contributed by atoms with Crippen LogP contribution < -0.4 is 4.74 Å². The molecule has 0 atom stereocenters. The first kappa shape index (κ1) is 22.1. The minimum Gasteiger partial charge on any atom is -0.495 e. The Morgan fingerprint density at radius 2 is 1.97 bits per heavy atom. The quantitative estimate of drug-likeness (QED) is 0.608. The largest absolute Gasteiger partial charge is 0.495 e. The molecule has 162 valence electrons. The summed E-state index contributed by atoms with van der Waals surface area (Å²) in [5.74, 6) is 0.898. The van der Waals surface area contributed by atoms with Crippen molar-refractivity contribution >= 4 is 15.9 Å². The van der Waals surface area contributed by atoms with E-state index in [-0.39, 0.29) is 17.2 Å². The minimum absolute atomic E-state index is 0.0630. The van der Waals surface area contributed by atoms with E-state index in [4.69, 9.17) is 9.47 Å². The lowest BCUT2D eigenvalue weighted by molar-refractivity contribution is -0.131. The average Bonchev–Trinajstić information content (AvgIpc) is 3.53. The van der Waals surface area contributed by atoms with Gasteiger partial charge in [-0.3, -0.25) is 4.79 Å². The zero-order valence-electron chi connectivity index (χ0n) is 17.6. The van der Waals surface area contributed by atoms with Crippen LogP contribution in [0, 0.1) is 5.92 Å². The predicted molar refractivity (Wildman–Crippen MR) is 110 cm³/mol. The molecule has 2 fully saturated rings. The molecular formula is C21H32N2O5S. The molecule has 1 saturated heterocycles. The number of hydrogen-bond donors (Lipinski definition) is 0. The van der Waals surface area contributed by atoms with E-state index in [2.05, 4.69) is 13.8 Å². The van der Waals surface area contributed by atoms with Gasteiger partial charge < -0.3 is 14.4 Å². The number of amides is 1. The number of methoxy groups -OCH3 is 1. The molecule has 0 unspecified atom stereocenters. The average molecular weight is 425 g/mol. The molecule has 7 nitrogen and oxygen atoms in total. The lowest BCUT2D eigenvalue weighted by Gasteiger charge is -2.27.